The quantitative estimate of drug-likeness (QED) is 0.534. The number of hydrogen-bond acceptors (Lipinski definition) is 4. The number of nitrogens with one attached hydrogen (secondary N) is 1. The van der Waals surface area contributed by atoms with Gasteiger partial charge >= 0.3 is 0 Å². The van der Waals surface area contributed by atoms with E-state index in [1.165, 1.54) is 6.07 Å². The van der Waals surface area contributed by atoms with Crippen molar-refractivity contribution in [3.63, 3.8) is 0 Å². The summed E-state index contributed by atoms with van der Waals surface area (Å²) >= 11 is 5.71. The first-order valence-electron chi connectivity index (χ1n) is 6.15. The molecule has 6 nitrogen and oxygen atoms in total. The summed E-state index contributed by atoms with van der Waals surface area (Å²) < 4.78 is 0. The summed E-state index contributed by atoms with van der Waals surface area (Å²) in [7, 11) is 0. The molecule has 1 unspecified atom stereocenters. The van der Waals surface area contributed by atoms with E-state index in [1.54, 1.807) is 6.92 Å². The molecule has 7 heteroatoms. The van der Waals surface area contributed by atoms with Gasteiger partial charge in [0.25, 0.3) is 11.6 Å². The second-order valence-electron chi connectivity index (χ2n) is 4.39. The minimum Gasteiger partial charge on any atom is -0.345 e. The van der Waals surface area contributed by atoms with Crippen LogP contribution >= 0.6 is 11.6 Å². The Morgan fingerprint density at radius 2 is 2.05 bits per heavy atom. The number of nitrogens with zero attached hydrogens (tertiary/aromatic N) is 2. The Labute approximate surface area is 125 Å². The van der Waals surface area contributed by atoms with Gasteiger partial charge in [-0.2, -0.15) is 0 Å². The lowest BCUT2D eigenvalue weighted by atomic mass is 10.1. The minimum absolute atomic E-state index is 0.0260. The third-order valence-corrected chi connectivity index (χ3v) is 3.14. The largest absolute Gasteiger partial charge is 0.345 e. The van der Waals surface area contributed by atoms with Crippen molar-refractivity contribution in [1.82, 2.24) is 10.3 Å². The Balaban J connectivity index is 2.25. The molecule has 0 aliphatic heterocycles. The van der Waals surface area contributed by atoms with Crippen molar-refractivity contribution in [1.29, 1.82) is 0 Å². The maximum atomic E-state index is 12.2. The van der Waals surface area contributed by atoms with E-state index in [-0.39, 0.29) is 22.4 Å². The Hall–Kier alpha value is -2.47. The van der Waals surface area contributed by atoms with E-state index in [2.05, 4.69) is 10.3 Å². The molecule has 2 rings (SSSR count). The van der Waals surface area contributed by atoms with Crippen molar-refractivity contribution >= 4 is 23.2 Å². The third kappa shape index (κ3) is 3.55. The van der Waals surface area contributed by atoms with Crippen LogP contribution in [0.15, 0.2) is 42.6 Å². The fourth-order valence-corrected chi connectivity index (χ4v) is 2.01. The Morgan fingerprint density at radius 3 is 2.67 bits per heavy atom. The van der Waals surface area contributed by atoms with E-state index in [1.807, 2.05) is 30.3 Å². The van der Waals surface area contributed by atoms with E-state index in [4.69, 9.17) is 11.6 Å². The summed E-state index contributed by atoms with van der Waals surface area (Å²) in [5.41, 5.74) is 0.411. The van der Waals surface area contributed by atoms with E-state index < -0.39 is 10.8 Å². The number of carbonyl (C=O) groups is 1. The number of rotatable bonds is 4. The minimum atomic E-state index is -0.661. The third-order valence-electron chi connectivity index (χ3n) is 2.94. The highest BCUT2D eigenvalue weighted by atomic mass is 35.5. The van der Waals surface area contributed by atoms with E-state index in [9.17, 15) is 14.9 Å². The molecule has 108 valence electrons. The van der Waals surface area contributed by atoms with Crippen LogP contribution in [0.3, 0.4) is 0 Å². The Bertz CT molecular complexity index is 676. The summed E-state index contributed by atoms with van der Waals surface area (Å²) in [5.74, 6) is -0.567. The molecule has 2 aromatic rings. The first-order valence-corrected chi connectivity index (χ1v) is 6.52. The zero-order chi connectivity index (χ0) is 15.4. The summed E-state index contributed by atoms with van der Waals surface area (Å²) in [4.78, 5) is 26.1. The van der Waals surface area contributed by atoms with Gasteiger partial charge in [0.15, 0.2) is 0 Å². The molecule has 0 aliphatic rings. The lowest BCUT2D eigenvalue weighted by Gasteiger charge is -2.14. The SMILES string of the molecule is CC(NC(=O)c1cc(Cl)ncc1[N+](=O)[O-])c1ccccc1. The molecular formula is C14H12ClN3O3. The predicted molar refractivity (Wildman–Crippen MR) is 78.2 cm³/mol. The van der Waals surface area contributed by atoms with Gasteiger partial charge in [-0.15, -0.1) is 0 Å². The average molecular weight is 306 g/mol. The standard InChI is InChI=1S/C14H12ClN3O3/c1-9(10-5-3-2-4-6-10)17-14(19)11-7-13(15)16-8-12(11)18(20)21/h2-9H,1H3,(H,17,19). The number of nitro groups is 1. The van der Waals surface area contributed by atoms with Crippen molar-refractivity contribution < 1.29 is 9.72 Å². The van der Waals surface area contributed by atoms with Crippen LogP contribution in [-0.4, -0.2) is 15.8 Å². The van der Waals surface area contributed by atoms with Crippen LogP contribution in [-0.2, 0) is 0 Å². The van der Waals surface area contributed by atoms with Crippen molar-refractivity contribution in [3.05, 3.63) is 69.0 Å². The fraction of sp³-hybridized carbons (Fsp3) is 0.143. The first-order chi connectivity index (χ1) is 9.99. The number of pyridine rings is 1. The second-order valence-corrected chi connectivity index (χ2v) is 4.77. The molecule has 0 bridgehead atoms. The second kappa shape index (κ2) is 6.32. The molecule has 1 heterocycles. The van der Waals surface area contributed by atoms with Gasteiger partial charge in [0.05, 0.1) is 11.0 Å². The number of amides is 1. The van der Waals surface area contributed by atoms with Crippen LogP contribution in [0.5, 0.6) is 0 Å². The molecule has 1 amide bonds. The lowest BCUT2D eigenvalue weighted by molar-refractivity contribution is -0.385. The molecule has 0 fully saturated rings. The van der Waals surface area contributed by atoms with E-state index in [0.717, 1.165) is 11.8 Å². The predicted octanol–water partition coefficient (Wildman–Crippen LogP) is 3.13. The summed E-state index contributed by atoms with van der Waals surface area (Å²) in [6, 6.07) is 10.2. The molecular weight excluding hydrogens is 294 g/mol. The van der Waals surface area contributed by atoms with E-state index in [0.29, 0.717) is 0 Å². The maximum absolute atomic E-state index is 12.2. The molecule has 0 saturated heterocycles. The fourth-order valence-electron chi connectivity index (χ4n) is 1.85. The number of carbonyl (C=O) groups excluding carboxylic acids is 1. The highest BCUT2D eigenvalue weighted by Gasteiger charge is 2.22. The first kappa shape index (κ1) is 14.9. The highest BCUT2D eigenvalue weighted by Crippen LogP contribution is 2.21. The number of aromatic nitrogens is 1. The Kier molecular flexibility index (Phi) is 4.49. The van der Waals surface area contributed by atoms with Crippen LogP contribution in [0, 0.1) is 10.1 Å². The van der Waals surface area contributed by atoms with Crippen LogP contribution in [0.1, 0.15) is 28.9 Å². The zero-order valence-corrected chi connectivity index (χ0v) is 11.9. The molecule has 1 aromatic carbocycles. The van der Waals surface area contributed by atoms with Crippen molar-refractivity contribution in [2.45, 2.75) is 13.0 Å². The number of halogens is 1. The van der Waals surface area contributed by atoms with Crippen molar-refractivity contribution in [2.75, 3.05) is 0 Å². The van der Waals surface area contributed by atoms with Crippen molar-refractivity contribution in [2.24, 2.45) is 0 Å². The van der Waals surface area contributed by atoms with Gasteiger partial charge in [-0.1, -0.05) is 41.9 Å². The topological polar surface area (TPSA) is 85.1 Å². The van der Waals surface area contributed by atoms with Crippen LogP contribution < -0.4 is 5.32 Å². The molecule has 1 N–H and O–H groups in total. The monoisotopic (exact) mass is 305 g/mol. The van der Waals surface area contributed by atoms with Gasteiger partial charge in [0.1, 0.15) is 16.9 Å². The number of benzene rings is 1. The Morgan fingerprint density at radius 1 is 1.38 bits per heavy atom. The zero-order valence-electron chi connectivity index (χ0n) is 11.1. The van der Waals surface area contributed by atoms with Crippen LogP contribution in [0.2, 0.25) is 5.15 Å². The van der Waals surface area contributed by atoms with Crippen LogP contribution in [0.4, 0.5) is 5.69 Å². The molecule has 1 atom stereocenters. The smallest absolute Gasteiger partial charge is 0.300 e. The molecule has 21 heavy (non-hydrogen) atoms. The maximum Gasteiger partial charge on any atom is 0.300 e. The van der Waals surface area contributed by atoms with Gasteiger partial charge in [-0.05, 0) is 18.6 Å². The van der Waals surface area contributed by atoms with Gasteiger partial charge in [0.2, 0.25) is 0 Å². The van der Waals surface area contributed by atoms with E-state index >= 15 is 0 Å². The van der Waals surface area contributed by atoms with Crippen molar-refractivity contribution in [3.8, 4) is 0 Å². The average Bonchev–Trinajstić information content (AvgIpc) is 2.47. The molecule has 1 aromatic heterocycles. The van der Waals surface area contributed by atoms with Gasteiger partial charge in [-0.3, -0.25) is 14.9 Å². The summed E-state index contributed by atoms with van der Waals surface area (Å²) in [6.45, 7) is 1.79. The molecule has 0 aliphatic carbocycles. The van der Waals surface area contributed by atoms with Gasteiger partial charge in [-0.25, -0.2) is 4.98 Å². The van der Waals surface area contributed by atoms with Crippen LogP contribution in [0.25, 0.3) is 0 Å². The molecule has 0 radical (unpaired) electrons. The lowest BCUT2D eigenvalue weighted by Crippen LogP contribution is -2.27. The number of hydrogen-bond donors (Lipinski definition) is 1. The van der Waals surface area contributed by atoms with Gasteiger partial charge < -0.3 is 5.32 Å². The molecule has 0 saturated carbocycles. The van der Waals surface area contributed by atoms with Gasteiger partial charge in [0, 0.05) is 0 Å². The summed E-state index contributed by atoms with van der Waals surface area (Å²) in [6.07, 6.45) is 0.977. The molecule has 0 spiro atoms. The normalized spacial score (nSPS) is 11.7. The highest BCUT2D eigenvalue weighted by molar-refractivity contribution is 6.29. The summed E-state index contributed by atoms with van der Waals surface area (Å²) in [5, 5.41) is 13.7.